The van der Waals surface area contributed by atoms with Crippen molar-refractivity contribution in [3.8, 4) is 0 Å². The first-order valence-corrected chi connectivity index (χ1v) is 23.5. The van der Waals surface area contributed by atoms with Crippen LogP contribution in [0.15, 0.2) is 101 Å². The Kier molecular flexibility index (Phi) is 13.8. The molecule has 0 amide bonds. The van der Waals surface area contributed by atoms with Gasteiger partial charge in [-0.25, -0.2) is 0 Å². The molecule has 1 heterocycles. The monoisotopic (exact) mass is 838 g/mol. The zero-order valence-corrected chi connectivity index (χ0v) is 35.3. The van der Waals surface area contributed by atoms with Crippen molar-refractivity contribution in [1.82, 2.24) is 0 Å². The van der Waals surface area contributed by atoms with Crippen LogP contribution in [-0.2, 0) is 37.7 Å². The molecule has 0 fully saturated rings. The Bertz CT molecular complexity index is 2310. The molecule has 56 heavy (non-hydrogen) atoms. The maximum atomic E-state index is 14.4. The van der Waals surface area contributed by atoms with E-state index in [4.69, 9.17) is 37.7 Å². The van der Waals surface area contributed by atoms with Crippen molar-refractivity contribution < 1.29 is 32.2 Å². The Hall–Kier alpha value is -4.16. The average Bonchev–Trinajstić information content (AvgIpc) is 3.60. The van der Waals surface area contributed by atoms with Gasteiger partial charge in [0.05, 0.1) is 19.7 Å². The highest BCUT2D eigenvalue weighted by Gasteiger charge is 2.58. The molecule has 6 nitrogen and oxygen atoms in total. The summed E-state index contributed by atoms with van der Waals surface area (Å²) in [5.41, 5.74) is 1.70. The maximum Gasteiger partial charge on any atom is 0.400 e. The molecule has 0 aliphatic carbocycles. The summed E-state index contributed by atoms with van der Waals surface area (Å²) >= 11 is 13.7. The molecule has 0 saturated carbocycles. The highest BCUT2D eigenvalue weighted by atomic mass is 35.5. The molecular formula is C43H43Cl2F3N2O4SSi. The van der Waals surface area contributed by atoms with Gasteiger partial charge in [-0.05, 0) is 62.7 Å². The van der Waals surface area contributed by atoms with Crippen LogP contribution in [0.5, 0.6) is 0 Å². The van der Waals surface area contributed by atoms with Gasteiger partial charge < -0.3 is 9.47 Å². The Morgan fingerprint density at radius 1 is 0.804 bits per heavy atom. The number of thioether (sulfide) groups is 1. The number of alkyl halides is 3. The zero-order chi connectivity index (χ0) is 40.8. The first-order chi connectivity index (χ1) is 26.4. The molecular weight excluding hydrogens is 797 g/mol. The van der Waals surface area contributed by atoms with Gasteiger partial charge in [0.2, 0.25) is 0 Å². The molecule has 1 aliphatic heterocycles. The van der Waals surface area contributed by atoms with E-state index in [1.54, 1.807) is 23.9 Å². The van der Waals surface area contributed by atoms with Gasteiger partial charge in [-0.1, -0.05) is 116 Å². The number of carbonyl (C=O) groups is 2. The lowest BCUT2D eigenvalue weighted by Gasteiger charge is -2.32. The smallest absolute Gasteiger partial charge is 0.400 e. The van der Waals surface area contributed by atoms with Gasteiger partial charge >= 0.3 is 18.1 Å². The van der Waals surface area contributed by atoms with Crippen LogP contribution in [0.25, 0.3) is 21.5 Å². The van der Waals surface area contributed by atoms with E-state index in [2.05, 4.69) is 49.1 Å². The van der Waals surface area contributed by atoms with Crippen molar-refractivity contribution in [1.29, 1.82) is 0 Å². The summed E-state index contributed by atoms with van der Waals surface area (Å²) in [5, 5.41) is 5.18. The number of nitrogens with zero attached hydrogens (tertiary/aromatic N) is 2. The van der Waals surface area contributed by atoms with E-state index >= 15 is 0 Å². The topological polar surface area (TPSA) is 77.3 Å². The van der Waals surface area contributed by atoms with Crippen molar-refractivity contribution >= 4 is 87.3 Å². The van der Waals surface area contributed by atoms with E-state index in [-0.39, 0.29) is 34.6 Å². The molecule has 0 aromatic heterocycles. The standard InChI is InChI=1S/C24H18Cl2F3NO2.C19H25NO2SSi/c1-14(31)32-12-15-6-7-21(20-5-3-2-4-19(15)20)22-11-23(13-30-22,24(27,28)29)16-8-17(25)10-18(26)9-16;1-14(21)22-12-15-10-11-18(17-9-7-6-8-16(15)17)19(23-2)20-13-24(3,4)5/h2-10H,11-13H2,1H3;6-11H,12-13H2,1-5H3. The molecule has 294 valence electrons. The number of benzene rings is 5. The molecule has 0 radical (unpaired) electrons. The summed E-state index contributed by atoms with van der Waals surface area (Å²) in [5.74, 6) is -0.668. The molecule has 5 aromatic carbocycles. The number of ether oxygens (including phenoxy) is 2. The van der Waals surface area contributed by atoms with Gasteiger partial charge in [-0.3, -0.25) is 19.6 Å². The molecule has 1 atom stereocenters. The second kappa shape index (κ2) is 18.0. The van der Waals surface area contributed by atoms with Crippen LogP contribution in [0.2, 0.25) is 29.7 Å². The van der Waals surface area contributed by atoms with E-state index in [1.165, 1.54) is 32.0 Å². The van der Waals surface area contributed by atoms with Crippen LogP contribution < -0.4 is 0 Å². The lowest BCUT2D eigenvalue weighted by molar-refractivity contribution is -0.183. The summed E-state index contributed by atoms with van der Waals surface area (Å²) in [6.07, 6.45) is -1.89. The second-order valence-electron chi connectivity index (χ2n) is 14.8. The minimum Gasteiger partial charge on any atom is -0.461 e. The second-order valence-corrected chi connectivity index (χ2v) is 21.9. The van der Waals surface area contributed by atoms with E-state index < -0.39 is 32.2 Å². The number of aliphatic imine (C=N–C) groups is 2. The van der Waals surface area contributed by atoms with Gasteiger partial charge in [0.25, 0.3) is 0 Å². The van der Waals surface area contributed by atoms with Crippen LogP contribution >= 0.6 is 35.0 Å². The van der Waals surface area contributed by atoms with Crippen molar-refractivity contribution in [2.45, 2.75) is 64.7 Å². The first kappa shape index (κ1) is 43.0. The van der Waals surface area contributed by atoms with Crippen LogP contribution in [-0.4, -0.2) is 55.9 Å². The maximum absolute atomic E-state index is 14.4. The number of esters is 2. The molecule has 0 bridgehead atoms. The summed E-state index contributed by atoms with van der Waals surface area (Å²) in [7, 11) is -1.23. The number of carbonyl (C=O) groups excluding carboxylic acids is 2. The minimum atomic E-state index is -4.56. The van der Waals surface area contributed by atoms with Crippen molar-refractivity contribution in [2.24, 2.45) is 9.98 Å². The van der Waals surface area contributed by atoms with Gasteiger partial charge in [0.15, 0.2) is 0 Å². The zero-order valence-electron chi connectivity index (χ0n) is 32.0. The third-order valence-electron chi connectivity index (χ3n) is 9.29. The van der Waals surface area contributed by atoms with Gasteiger partial charge in [-0.2, -0.15) is 13.2 Å². The van der Waals surface area contributed by atoms with E-state index in [9.17, 15) is 22.8 Å². The molecule has 6 rings (SSSR count). The number of rotatable bonds is 9. The summed E-state index contributed by atoms with van der Waals surface area (Å²) in [6, 6.07) is 27.2. The third-order valence-corrected chi connectivity index (χ3v) is 11.6. The fourth-order valence-corrected chi connectivity index (χ4v) is 8.39. The first-order valence-electron chi connectivity index (χ1n) is 17.9. The highest BCUT2D eigenvalue weighted by Crippen LogP contribution is 2.49. The summed E-state index contributed by atoms with van der Waals surface area (Å²) in [6.45, 7) is 9.67. The number of halogens is 5. The largest absolute Gasteiger partial charge is 0.461 e. The lowest BCUT2D eigenvalue weighted by atomic mass is 9.76. The predicted molar refractivity (Wildman–Crippen MR) is 227 cm³/mol. The lowest BCUT2D eigenvalue weighted by Crippen LogP contribution is -2.43. The highest BCUT2D eigenvalue weighted by molar-refractivity contribution is 8.13. The van der Waals surface area contributed by atoms with E-state index in [1.807, 2.05) is 42.5 Å². The molecule has 0 spiro atoms. The van der Waals surface area contributed by atoms with E-state index in [0.717, 1.165) is 49.4 Å². The van der Waals surface area contributed by atoms with Crippen molar-refractivity contribution in [3.63, 3.8) is 0 Å². The normalized spacial score (nSPS) is 16.0. The van der Waals surface area contributed by atoms with Gasteiger partial charge in [0, 0.05) is 53.3 Å². The third kappa shape index (κ3) is 10.2. The average molecular weight is 840 g/mol. The number of fused-ring (bicyclic) bond motifs is 2. The molecule has 1 unspecified atom stereocenters. The molecule has 1 aliphatic rings. The Balaban J connectivity index is 0.000000224. The SMILES string of the molecule is CC(=O)OCc1ccc(C2=NCC(c3cc(Cl)cc(Cl)c3)(C(F)(F)F)C2)c2ccccc12.CSC(=NC[Si](C)(C)C)c1ccc(COC(C)=O)c2ccccc12. The number of hydrogen-bond acceptors (Lipinski definition) is 7. The summed E-state index contributed by atoms with van der Waals surface area (Å²) in [4.78, 5) is 31.6. The Labute approximate surface area is 340 Å². The number of hydrogen-bond donors (Lipinski definition) is 0. The molecule has 0 N–H and O–H groups in total. The fourth-order valence-electron chi connectivity index (χ4n) is 6.53. The molecule has 13 heteroatoms. The van der Waals surface area contributed by atoms with Crippen molar-refractivity contribution in [3.05, 3.63) is 129 Å². The van der Waals surface area contributed by atoms with Crippen molar-refractivity contribution in [2.75, 3.05) is 19.0 Å². The Morgan fingerprint density at radius 3 is 1.84 bits per heavy atom. The summed E-state index contributed by atoms with van der Waals surface area (Å²) < 4.78 is 53.5. The van der Waals surface area contributed by atoms with Gasteiger partial charge in [-0.15, -0.1) is 11.8 Å². The minimum absolute atomic E-state index is 0.00275. The van der Waals surface area contributed by atoms with Crippen LogP contribution in [0.4, 0.5) is 13.2 Å². The predicted octanol–water partition coefficient (Wildman–Crippen LogP) is 11.8. The fraction of sp³-hybridized carbons (Fsp3) is 0.302. The van der Waals surface area contributed by atoms with E-state index in [0.29, 0.717) is 17.9 Å². The van der Waals surface area contributed by atoms with Gasteiger partial charge in [0.1, 0.15) is 18.6 Å². The molecule has 5 aromatic rings. The Morgan fingerprint density at radius 2 is 1.32 bits per heavy atom. The quantitative estimate of drug-likeness (QED) is 0.0639. The molecule has 0 saturated heterocycles. The van der Waals surface area contributed by atoms with Crippen LogP contribution in [0, 0.1) is 0 Å². The van der Waals surface area contributed by atoms with Crippen LogP contribution in [0.1, 0.15) is 48.1 Å². The van der Waals surface area contributed by atoms with Crippen LogP contribution in [0.3, 0.4) is 0 Å².